The van der Waals surface area contributed by atoms with Crippen molar-refractivity contribution in [1.29, 1.82) is 0 Å². The molecule has 1 heteroatoms. The second kappa shape index (κ2) is 5.38. The van der Waals surface area contributed by atoms with Gasteiger partial charge in [0.25, 0.3) is 0 Å². The minimum atomic E-state index is 0.938. The quantitative estimate of drug-likeness (QED) is 0.578. The van der Waals surface area contributed by atoms with Crippen LogP contribution in [0.25, 0.3) is 6.08 Å². The van der Waals surface area contributed by atoms with Gasteiger partial charge in [-0.2, -0.15) is 0 Å². The van der Waals surface area contributed by atoms with E-state index in [1.807, 2.05) is 20.1 Å². The molecule has 0 N–H and O–H groups in total. The Hall–Kier alpha value is -1.37. The summed E-state index contributed by atoms with van der Waals surface area (Å²) in [5.74, 6) is 0. The van der Waals surface area contributed by atoms with Crippen LogP contribution in [0.15, 0.2) is 29.3 Å². The molecule has 0 aliphatic carbocycles. The Bertz CT molecular complexity index is 348. The van der Waals surface area contributed by atoms with Crippen LogP contribution in [0.5, 0.6) is 0 Å². The second-order valence-electron chi connectivity index (χ2n) is 3.01. The van der Waals surface area contributed by atoms with E-state index in [9.17, 15) is 0 Å². The molecule has 0 fully saturated rings. The number of hydrogen-bond donors (Lipinski definition) is 0. The lowest BCUT2D eigenvalue weighted by Gasteiger charge is -1.99. The summed E-state index contributed by atoms with van der Waals surface area (Å²) in [7, 11) is 0. The maximum atomic E-state index is 4.34. The van der Waals surface area contributed by atoms with E-state index in [1.165, 1.54) is 11.1 Å². The highest BCUT2D eigenvalue weighted by Crippen LogP contribution is 2.23. The van der Waals surface area contributed by atoms with E-state index < -0.39 is 0 Å². The lowest BCUT2D eigenvalue weighted by Crippen LogP contribution is -1.76. The topological polar surface area (TPSA) is 12.4 Å². The summed E-state index contributed by atoms with van der Waals surface area (Å²) in [5.41, 5.74) is 3.59. The summed E-state index contributed by atoms with van der Waals surface area (Å²) < 4.78 is 0. The molecule has 14 heavy (non-hydrogen) atoms. The highest BCUT2D eigenvalue weighted by Gasteiger charge is 1.98. The predicted octanol–water partition coefficient (Wildman–Crippen LogP) is 4.14. The van der Waals surface area contributed by atoms with Gasteiger partial charge in [-0.05, 0) is 19.1 Å². The molecule has 0 amide bonds. The van der Waals surface area contributed by atoms with Gasteiger partial charge in [0.15, 0.2) is 0 Å². The summed E-state index contributed by atoms with van der Waals surface area (Å²) >= 11 is 0. The third-order valence-electron chi connectivity index (χ3n) is 1.95. The van der Waals surface area contributed by atoms with Crippen molar-refractivity contribution in [2.75, 3.05) is 0 Å². The molecule has 74 valence electrons. The Morgan fingerprint density at radius 1 is 1.21 bits per heavy atom. The smallest absolute Gasteiger partial charge is 0.0698 e. The van der Waals surface area contributed by atoms with Crippen molar-refractivity contribution in [1.82, 2.24) is 0 Å². The van der Waals surface area contributed by atoms with Crippen molar-refractivity contribution in [2.24, 2.45) is 4.99 Å². The van der Waals surface area contributed by atoms with Crippen LogP contribution in [-0.2, 0) is 0 Å². The number of hydrogen-bond acceptors (Lipinski definition) is 1. The van der Waals surface area contributed by atoms with Gasteiger partial charge in [0, 0.05) is 18.2 Å². The normalized spacial score (nSPS) is 12.5. The number of allylic oxidation sites excluding steroid dienone is 1. The van der Waals surface area contributed by atoms with Crippen LogP contribution < -0.4 is 0 Å². The molecule has 0 atom stereocenters. The number of benzene rings is 1. The standard InChI is InChI=1S/C11H11N.C2H6/c1-9-5-6-11-10(8-9)4-2-3-7-12-11;1-2/h2,4-8H,3H2,1H3;1-2H3. The van der Waals surface area contributed by atoms with E-state index in [1.54, 1.807) is 0 Å². The lowest BCUT2D eigenvalue weighted by atomic mass is 10.1. The minimum absolute atomic E-state index is 0.938. The van der Waals surface area contributed by atoms with Crippen molar-refractivity contribution in [2.45, 2.75) is 27.2 Å². The van der Waals surface area contributed by atoms with Gasteiger partial charge in [0.1, 0.15) is 0 Å². The van der Waals surface area contributed by atoms with E-state index in [2.05, 4.69) is 42.3 Å². The fourth-order valence-electron chi connectivity index (χ4n) is 1.33. The molecular formula is C13H17N. The number of aryl methyl sites for hydroxylation is 1. The van der Waals surface area contributed by atoms with Gasteiger partial charge in [-0.3, -0.25) is 4.99 Å². The number of fused-ring (bicyclic) bond motifs is 1. The largest absolute Gasteiger partial charge is 0.260 e. The van der Waals surface area contributed by atoms with Crippen LogP contribution in [0, 0.1) is 6.92 Å². The summed E-state index contributed by atoms with van der Waals surface area (Å²) in [5, 5.41) is 0. The molecule has 0 radical (unpaired) electrons. The summed E-state index contributed by atoms with van der Waals surface area (Å²) in [6.45, 7) is 6.10. The van der Waals surface area contributed by atoms with Crippen LogP contribution in [0.2, 0.25) is 0 Å². The van der Waals surface area contributed by atoms with Crippen molar-refractivity contribution >= 4 is 18.0 Å². The average Bonchev–Trinajstić information content (AvgIpc) is 2.45. The fourth-order valence-corrected chi connectivity index (χ4v) is 1.33. The first-order valence-corrected chi connectivity index (χ1v) is 5.16. The maximum Gasteiger partial charge on any atom is 0.0698 e. The Kier molecular flexibility index (Phi) is 4.11. The number of rotatable bonds is 0. The molecule has 1 nitrogen and oxygen atoms in total. The van der Waals surface area contributed by atoms with Crippen molar-refractivity contribution < 1.29 is 0 Å². The Balaban J connectivity index is 0.000000461. The van der Waals surface area contributed by atoms with E-state index in [0.717, 1.165) is 12.1 Å². The highest BCUT2D eigenvalue weighted by atomic mass is 14.7. The molecule has 0 saturated carbocycles. The zero-order valence-electron chi connectivity index (χ0n) is 9.12. The molecule has 1 aromatic rings. The van der Waals surface area contributed by atoms with Crippen molar-refractivity contribution in [3.63, 3.8) is 0 Å². The van der Waals surface area contributed by atoms with E-state index in [-0.39, 0.29) is 0 Å². The molecule has 1 aliphatic heterocycles. The van der Waals surface area contributed by atoms with Gasteiger partial charge in [0.05, 0.1) is 5.69 Å². The fraction of sp³-hybridized carbons (Fsp3) is 0.308. The predicted molar refractivity (Wildman–Crippen MR) is 64.3 cm³/mol. The van der Waals surface area contributed by atoms with E-state index in [4.69, 9.17) is 0 Å². The SMILES string of the molecule is CC.Cc1ccc2c(c1)C=CCC=N2. The average molecular weight is 187 g/mol. The molecular weight excluding hydrogens is 170 g/mol. The van der Waals surface area contributed by atoms with Gasteiger partial charge in [0.2, 0.25) is 0 Å². The first-order valence-electron chi connectivity index (χ1n) is 5.16. The van der Waals surface area contributed by atoms with Gasteiger partial charge in [-0.25, -0.2) is 0 Å². The van der Waals surface area contributed by atoms with Crippen LogP contribution in [0.1, 0.15) is 31.4 Å². The van der Waals surface area contributed by atoms with Crippen LogP contribution in [-0.4, -0.2) is 6.21 Å². The van der Waals surface area contributed by atoms with Crippen LogP contribution in [0.3, 0.4) is 0 Å². The summed E-state index contributed by atoms with van der Waals surface area (Å²) in [6, 6.07) is 6.32. The second-order valence-corrected chi connectivity index (χ2v) is 3.01. The van der Waals surface area contributed by atoms with Gasteiger partial charge in [-0.15, -0.1) is 0 Å². The van der Waals surface area contributed by atoms with Crippen LogP contribution in [0.4, 0.5) is 5.69 Å². The first-order chi connectivity index (χ1) is 6.86. The Labute approximate surface area is 86.2 Å². The van der Waals surface area contributed by atoms with Crippen molar-refractivity contribution in [3.05, 3.63) is 35.4 Å². The van der Waals surface area contributed by atoms with Crippen LogP contribution >= 0.6 is 0 Å². The third-order valence-corrected chi connectivity index (χ3v) is 1.95. The van der Waals surface area contributed by atoms with Gasteiger partial charge < -0.3 is 0 Å². The van der Waals surface area contributed by atoms with Gasteiger partial charge in [-0.1, -0.05) is 37.6 Å². The zero-order valence-corrected chi connectivity index (χ0v) is 9.12. The molecule has 1 heterocycles. The molecule has 0 spiro atoms. The molecule has 0 aromatic heterocycles. The minimum Gasteiger partial charge on any atom is -0.260 e. The highest BCUT2D eigenvalue weighted by molar-refractivity contribution is 5.75. The number of aliphatic imine (C=N–C) groups is 1. The van der Waals surface area contributed by atoms with Crippen molar-refractivity contribution in [3.8, 4) is 0 Å². The Morgan fingerprint density at radius 3 is 2.79 bits per heavy atom. The van der Waals surface area contributed by atoms with E-state index in [0.29, 0.717) is 0 Å². The molecule has 1 aromatic carbocycles. The van der Waals surface area contributed by atoms with E-state index >= 15 is 0 Å². The lowest BCUT2D eigenvalue weighted by molar-refractivity contribution is 1.42. The molecule has 0 bridgehead atoms. The monoisotopic (exact) mass is 187 g/mol. The maximum absolute atomic E-state index is 4.34. The molecule has 1 aliphatic rings. The first kappa shape index (κ1) is 10.7. The summed E-state index contributed by atoms with van der Waals surface area (Å²) in [4.78, 5) is 4.34. The number of nitrogens with zero attached hydrogens (tertiary/aromatic N) is 1. The molecule has 0 saturated heterocycles. The molecule has 0 unspecified atom stereocenters. The third kappa shape index (κ3) is 2.56. The Morgan fingerprint density at radius 2 is 2.00 bits per heavy atom. The van der Waals surface area contributed by atoms with Gasteiger partial charge >= 0.3 is 0 Å². The zero-order chi connectivity index (χ0) is 10.4. The summed E-state index contributed by atoms with van der Waals surface area (Å²) in [6.07, 6.45) is 7.15. The molecule has 2 rings (SSSR count).